The lowest BCUT2D eigenvalue weighted by Gasteiger charge is -2.04. The fourth-order valence-electron chi connectivity index (χ4n) is 1.62. The van der Waals surface area contributed by atoms with Gasteiger partial charge in [0.25, 0.3) is 0 Å². The van der Waals surface area contributed by atoms with E-state index in [1.807, 2.05) is 43.5 Å². The van der Waals surface area contributed by atoms with Crippen LogP contribution < -0.4 is 0 Å². The first kappa shape index (κ1) is 9.59. The zero-order chi connectivity index (χ0) is 10.7. The molecule has 0 radical (unpaired) electrons. The maximum atomic E-state index is 10.3. The molecule has 2 aromatic rings. The molecule has 2 heteroatoms. The van der Waals surface area contributed by atoms with Gasteiger partial charge in [0.2, 0.25) is 0 Å². The lowest BCUT2D eigenvalue weighted by molar-refractivity contribution is -0.104. The number of aryl methyl sites for hydroxylation is 1. The van der Waals surface area contributed by atoms with Gasteiger partial charge in [-0.25, -0.2) is 0 Å². The van der Waals surface area contributed by atoms with Gasteiger partial charge in [-0.15, -0.1) is 0 Å². The first-order valence-electron chi connectivity index (χ1n) is 4.79. The zero-order valence-corrected chi connectivity index (χ0v) is 8.47. The molecular formula is C13H11NO. The Bertz CT molecular complexity index is 529. The minimum absolute atomic E-state index is 0.786. The summed E-state index contributed by atoms with van der Waals surface area (Å²) in [6.45, 7) is 1.99. The van der Waals surface area contributed by atoms with Crippen molar-refractivity contribution in [2.45, 2.75) is 6.92 Å². The summed E-state index contributed by atoms with van der Waals surface area (Å²) in [4.78, 5) is 14.7. The molecule has 0 aliphatic carbocycles. The summed E-state index contributed by atoms with van der Waals surface area (Å²) in [6.07, 6.45) is 5.95. The second-order valence-electron chi connectivity index (χ2n) is 3.37. The van der Waals surface area contributed by atoms with Crippen LogP contribution in [0.4, 0.5) is 0 Å². The topological polar surface area (TPSA) is 30.0 Å². The van der Waals surface area contributed by atoms with Gasteiger partial charge in [-0.05, 0) is 30.2 Å². The first-order valence-corrected chi connectivity index (χ1v) is 4.79. The highest BCUT2D eigenvalue weighted by molar-refractivity contribution is 5.91. The van der Waals surface area contributed by atoms with Gasteiger partial charge in [0.1, 0.15) is 6.29 Å². The Balaban J connectivity index is 2.73. The third-order valence-electron chi connectivity index (χ3n) is 2.36. The average Bonchev–Trinajstić information content (AvgIpc) is 2.28. The van der Waals surface area contributed by atoms with E-state index >= 15 is 0 Å². The summed E-state index contributed by atoms with van der Waals surface area (Å²) < 4.78 is 0. The van der Waals surface area contributed by atoms with Crippen LogP contribution in [0.1, 0.15) is 11.1 Å². The van der Waals surface area contributed by atoms with Gasteiger partial charge < -0.3 is 0 Å². The molecule has 0 atom stereocenters. The number of fused-ring (bicyclic) bond motifs is 1. The number of pyridine rings is 1. The Hall–Kier alpha value is -1.96. The minimum atomic E-state index is 0.786. The third-order valence-corrected chi connectivity index (χ3v) is 2.36. The van der Waals surface area contributed by atoms with E-state index in [0.717, 1.165) is 28.3 Å². The number of benzene rings is 1. The molecule has 0 aliphatic rings. The normalized spacial score (nSPS) is 11.0. The fraction of sp³-hybridized carbons (Fsp3) is 0.0769. The molecule has 2 nitrogen and oxygen atoms in total. The van der Waals surface area contributed by atoms with Crippen molar-refractivity contribution in [3.8, 4) is 0 Å². The van der Waals surface area contributed by atoms with Crippen molar-refractivity contribution < 1.29 is 4.79 Å². The molecule has 15 heavy (non-hydrogen) atoms. The highest BCUT2D eigenvalue weighted by atomic mass is 16.1. The maximum absolute atomic E-state index is 10.3. The van der Waals surface area contributed by atoms with E-state index in [2.05, 4.69) is 4.98 Å². The summed E-state index contributed by atoms with van der Waals surface area (Å²) >= 11 is 0. The van der Waals surface area contributed by atoms with Crippen molar-refractivity contribution in [3.05, 3.63) is 47.7 Å². The molecule has 0 N–H and O–H groups in total. The Morgan fingerprint density at radius 2 is 2.07 bits per heavy atom. The van der Waals surface area contributed by atoms with Crippen molar-refractivity contribution in [3.63, 3.8) is 0 Å². The number of para-hydroxylation sites is 1. The summed E-state index contributed by atoms with van der Waals surface area (Å²) in [6, 6.07) is 7.91. The molecule has 1 heterocycles. The second-order valence-corrected chi connectivity index (χ2v) is 3.37. The SMILES string of the molecule is Cc1cnc2ccccc2c1/C=C/C=O. The summed E-state index contributed by atoms with van der Waals surface area (Å²) in [5, 5.41) is 1.08. The van der Waals surface area contributed by atoms with Crippen LogP contribution in [0, 0.1) is 6.92 Å². The average molecular weight is 197 g/mol. The lowest BCUT2D eigenvalue weighted by Crippen LogP contribution is -1.87. The quantitative estimate of drug-likeness (QED) is 0.547. The van der Waals surface area contributed by atoms with Gasteiger partial charge in [0.15, 0.2) is 0 Å². The molecule has 1 aromatic heterocycles. The molecular weight excluding hydrogens is 186 g/mol. The van der Waals surface area contributed by atoms with Crippen molar-refractivity contribution >= 4 is 23.3 Å². The number of rotatable bonds is 2. The highest BCUT2D eigenvalue weighted by Crippen LogP contribution is 2.20. The summed E-state index contributed by atoms with van der Waals surface area (Å²) in [5.74, 6) is 0. The van der Waals surface area contributed by atoms with Crippen molar-refractivity contribution in [1.29, 1.82) is 0 Å². The predicted molar refractivity (Wildman–Crippen MR) is 61.6 cm³/mol. The largest absolute Gasteiger partial charge is 0.299 e. The first-order chi connectivity index (χ1) is 7.33. The molecule has 0 bridgehead atoms. The van der Waals surface area contributed by atoms with E-state index in [1.165, 1.54) is 6.08 Å². The number of carbonyl (C=O) groups is 1. The molecule has 0 amide bonds. The minimum Gasteiger partial charge on any atom is -0.299 e. The van der Waals surface area contributed by atoms with E-state index in [0.29, 0.717) is 0 Å². The Morgan fingerprint density at radius 3 is 2.87 bits per heavy atom. The molecule has 1 aromatic carbocycles. The van der Waals surface area contributed by atoms with E-state index in [1.54, 1.807) is 0 Å². The molecule has 0 saturated heterocycles. The Labute approximate surface area is 88.3 Å². The van der Waals surface area contributed by atoms with Crippen LogP contribution in [0.15, 0.2) is 36.5 Å². The van der Waals surface area contributed by atoms with Gasteiger partial charge in [-0.2, -0.15) is 0 Å². The standard InChI is InChI=1S/C13H11NO/c1-10-9-14-13-7-3-2-5-12(13)11(10)6-4-8-15/h2-9H,1H3/b6-4+. The highest BCUT2D eigenvalue weighted by Gasteiger charge is 2.01. The van der Waals surface area contributed by atoms with Crippen LogP contribution in [0.5, 0.6) is 0 Å². The third kappa shape index (κ3) is 1.79. The van der Waals surface area contributed by atoms with E-state index in [9.17, 15) is 4.79 Å². The molecule has 0 fully saturated rings. The second kappa shape index (κ2) is 4.05. The summed E-state index contributed by atoms with van der Waals surface area (Å²) in [7, 11) is 0. The molecule has 0 unspecified atom stereocenters. The molecule has 74 valence electrons. The molecule has 0 saturated carbocycles. The molecule has 2 rings (SSSR count). The maximum Gasteiger partial charge on any atom is 0.142 e. The fourth-order valence-corrected chi connectivity index (χ4v) is 1.62. The Kier molecular flexibility index (Phi) is 2.59. The van der Waals surface area contributed by atoms with E-state index in [4.69, 9.17) is 0 Å². The molecule has 0 spiro atoms. The smallest absolute Gasteiger partial charge is 0.142 e. The van der Waals surface area contributed by atoms with Gasteiger partial charge >= 0.3 is 0 Å². The van der Waals surface area contributed by atoms with Gasteiger partial charge in [-0.3, -0.25) is 9.78 Å². The number of carbonyl (C=O) groups excluding carboxylic acids is 1. The van der Waals surface area contributed by atoms with Crippen molar-refractivity contribution in [2.24, 2.45) is 0 Å². The Morgan fingerprint density at radius 1 is 1.27 bits per heavy atom. The predicted octanol–water partition coefficient (Wildman–Crippen LogP) is 2.76. The van der Waals surface area contributed by atoms with E-state index < -0.39 is 0 Å². The zero-order valence-electron chi connectivity index (χ0n) is 8.47. The number of hydrogen-bond acceptors (Lipinski definition) is 2. The number of hydrogen-bond donors (Lipinski definition) is 0. The lowest BCUT2D eigenvalue weighted by atomic mass is 10.0. The van der Waals surface area contributed by atoms with Gasteiger partial charge in [-0.1, -0.05) is 24.3 Å². The van der Waals surface area contributed by atoms with Crippen LogP contribution in [0.2, 0.25) is 0 Å². The van der Waals surface area contributed by atoms with Crippen LogP contribution in [0.3, 0.4) is 0 Å². The van der Waals surface area contributed by atoms with Crippen LogP contribution in [-0.2, 0) is 4.79 Å². The van der Waals surface area contributed by atoms with Gasteiger partial charge in [0.05, 0.1) is 5.52 Å². The number of nitrogens with zero attached hydrogens (tertiary/aromatic N) is 1. The van der Waals surface area contributed by atoms with Crippen LogP contribution >= 0.6 is 0 Å². The van der Waals surface area contributed by atoms with Crippen LogP contribution in [-0.4, -0.2) is 11.3 Å². The van der Waals surface area contributed by atoms with Crippen molar-refractivity contribution in [1.82, 2.24) is 4.98 Å². The number of aromatic nitrogens is 1. The van der Waals surface area contributed by atoms with Gasteiger partial charge in [0, 0.05) is 11.6 Å². The van der Waals surface area contributed by atoms with Crippen LogP contribution in [0.25, 0.3) is 17.0 Å². The van der Waals surface area contributed by atoms with Crippen molar-refractivity contribution in [2.75, 3.05) is 0 Å². The number of aldehydes is 1. The molecule has 0 aliphatic heterocycles. The van der Waals surface area contributed by atoms with E-state index in [-0.39, 0.29) is 0 Å². The number of allylic oxidation sites excluding steroid dienone is 1. The monoisotopic (exact) mass is 197 g/mol. The summed E-state index contributed by atoms with van der Waals surface area (Å²) in [5.41, 5.74) is 3.09.